The van der Waals surface area contributed by atoms with Crippen LogP contribution in [0.3, 0.4) is 0 Å². The molecule has 2 atom stereocenters. The summed E-state index contributed by atoms with van der Waals surface area (Å²) >= 11 is 5.83. The molecule has 7 heteroatoms. The van der Waals surface area contributed by atoms with Crippen LogP contribution < -0.4 is 10.5 Å². The lowest BCUT2D eigenvalue weighted by molar-refractivity contribution is -0.137. The minimum absolute atomic E-state index is 0.0463. The number of nitrogens with two attached hydrogens (primary N) is 1. The molecule has 2 rings (SSSR count). The van der Waals surface area contributed by atoms with Crippen LogP contribution in [0.15, 0.2) is 12.3 Å². The molecule has 3 nitrogen and oxygen atoms in total. The predicted octanol–water partition coefficient (Wildman–Crippen LogP) is 3.65. The van der Waals surface area contributed by atoms with Crippen molar-refractivity contribution >= 4 is 11.6 Å². The molecule has 0 aliphatic heterocycles. The molecule has 20 heavy (non-hydrogen) atoms. The summed E-state index contributed by atoms with van der Waals surface area (Å²) in [6, 6.07) is 0.837. The molecule has 1 aliphatic rings. The van der Waals surface area contributed by atoms with Crippen LogP contribution in [0, 0.1) is 5.92 Å². The van der Waals surface area contributed by atoms with E-state index >= 15 is 0 Å². The van der Waals surface area contributed by atoms with Gasteiger partial charge in [-0.2, -0.15) is 13.2 Å². The average molecular weight is 309 g/mol. The van der Waals surface area contributed by atoms with Crippen molar-refractivity contribution in [3.05, 3.63) is 22.8 Å². The summed E-state index contributed by atoms with van der Waals surface area (Å²) in [6.07, 6.45) is 0.0344. The van der Waals surface area contributed by atoms with Crippen LogP contribution in [-0.4, -0.2) is 17.6 Å². The summed E-state index contributed by atoms with van der Waals surface area (Å²) in [5.74, 6) is 0.244. The van der Waals surface area contributed by atoms with Gasteiger partial charge in [-0.15, -0.1) is 0 Å². The highest BCUT2D eigenvalue weighted by Crippen LogP contribution is 2.35. The summed E-state index contributed by atoms with van der Waals surface area (Å²) < 4.78 is 43.2. The smallest absolute Gasteiger partial charge is 0.417 e. The van der Waals surface area contributed by atoms with Gasteiger partial charge in [-0.25, -0.2) is 4.98 Å². The molecule has 1 fully saturated rings. The average Bonchev–Trinajstić information content (AvgIpc) is 2.40. The van der Waals surface area contributed by atoms with Crippen LogP contribution in [0.5, 0.6) is 5.88 Å². The molecule has 1 aromatic rings. The molecule has 0 bridgehead atoms. The number of pyridine rings is 1. The molecule has 1 aromatic heterocycles. The van der Waals surface area contributed by atoms with E-state index in [1.165, 1.54) is 0 Å². The van der Waals surface area contributed by atoms with Crippen LogP contribution in [-0.2, 0) is 6.18 Å². The third-order valence-electron chi connectivity index (χ3n) is 3.54. The van der Waals surface area contributed by atoms with Crippen LogP contribution in [0.4, 0.5) is 13.2 Å². The number of nitrogens with zero attached hydrogens (tertiary/aromatic N) is 1. The summed E-state index contributed by atoms with van der Waals surface area (Å²) in [6.45, 7) is 0.489. The number of hydrogen-bond acceptors (Lipinski definition) is 3. The van der Waals surface area contributed by atoms with Crippen molar-refractivity contribution in [1.29, 1.82) is 0 Å². The topological polar surface area (TPSA) is 48.1 Å². The maximum atomic E-state index is 12.5. The first kappa shape index (κ1) is 15.4. The highest BCUT2D eigenvalue weighted by atomic mass is 35.5. The highest BCUT2D eigenvalue weighted by Gasteiger charge is 2.32. The third-order valence-corrected chi connectivity index (χ3v) is 3.81. The van der Waals surface area contributed by atoms with Gasteiger partial charge in [-0.05, 0) is 31.9 Å². The predicted molar refractivity (Wildman–Crippen MR) is 69.7 cm³/mol. The fourth-order valence-electron chi connectivity index (χ4n) is 2.41. The van der Waals surface area contributed by atoms with Crippen molar-refractivity contribution in [3.63, 3.8) is 0 Å². The number of hydrogen-bond donors (Lipinski definition) is 1. The molecule has 0 radical (unpaired) electrons. The molecule has 0 spiro atoms. The van der Waals surface area contributed by atoms with E-state index in [1.807, 2.05) is 0 Å². The Balaban J connectivity index is 2.13. The Morgan fingerprint density at radius 3 is 2.65 bits per heavy atom. The van der Waals surface area contributed by atoms with E-state index in [1.54, 1.807) is 0 Å². The second-order valence-electron chi connectivity index (χ2n) is 4.95. The molecule has 0 aromatic carbocycles. The Kier molecular flexibility index (Phi) is 4.75. The van der Waals surface area contributed by atoms with Crippen LogP contribution in [0.2, 0.25) is 5.02 Å². The number of aromatic nitrogens is 1. The second kappa shape index (κ2) is 6.18. The number of alkyl halides is 3. The van der Waals surface area contributed by atoms with Crippen LogP contribution in [0.25, 0.3) is 0 Å². The van der Waals surface area contributed by atoms with Crippen molar-refractivity contribution in [2.75, 3.05) is 6.54 Å². The van der Waals surface area contributed by atoms with Gasteiger partial charge in [0, 0.05) is 12.1 Å². The van der Waals surface area contributed by atoms with Crippen molar-refractivity contribution in [1.82, 2.24) is 4.98 Å². The van der Waals surface area contributed by atoms with Gasteiger partial charge in [0.05, 0.1) is 5.56 Å². The van der Waals surface area contributed by atoms with Crippen molar-refractivity contribution < 1.29 is 17.9 Å². The van der Waals surface area contributed by atoms with E-state index in [9.17, 15) is 13.2 Å². The Bertz CT molecular complexity index is 467. The van der Waals surface area contributed by atoms with E-state index in [2.05, 4.69) is 4.98 Å². The molecular weight excluding hydrogens is 293 g/mol. The fraction of sp³-hybridized carbons (Fsp3) is 0.615. The van der Waals surface area contributed by atoms with Gasteiger partial charge in [-0.1, -0.05) is 18.0 Å². The fourth-order valence-corrected chi connectivity index (χ4v) is 2.62. The number of rotatable bonds is 3. The molecule has 0 saturated heterocycles. The van der Waals surface area contributed by atoms with Gasteiger partial charge >= 0.3 is 6.18 Å². The van der Waals surface area contributed by atoms with Crippen LogP contribution >= 0.6 is 11.6 Å². The van der Waals surface area contributed by atoms with E-state index < -0.39 is 11.7 Å². The standard InChI is InChI=1S/C13H16ClF3N2O/c14-10-5-9(13(15,16)17)7-19-12(10)20-11-4-2-1-3-8(11)6-18/h5,7-8,11H,1-4,6,18H2. The van der Waals surface area contributed by atoms with Crippen LogP contribution in [0.1, 0.15) is 31.2 Å². The number of halogens is 4. The zero-order valence-electron chi connectivity index (χ0n) is 10.8. The largest absolute Gasteiger partial charge is 0.473 e. The maximum absolute atomic E-state index is 12.5. The van der Waals surface area contributed by atoms with E-state index in [-0.39, 0.29) is 22.9 Å². The molecular formula is C13H16ClF3N2O. The molecule has 0 amide bonds. The Hall–Kier alpha value is -1.01. The highest BCUT2D eigenvalue weighted by molar-refractivity contribution is 6.31. The van der Waals surface area contributed by atoms with Crippen molar-refractivity contribution in [2.45, 2.75) is 38.0 Å². The molecule has 1 heterocycles. The normalized spacial score (nSPS) is 23.6. The minimum atomic E-state index is -4.46. The van der Waals surface area contributed by atoms with Gasteiger partial charge in [0.15, 0.2) is 0 Å². The van der Waals surface area contributed by atoms with Gasteiger partial charge in [0.25, 0.3) is 0 Å². The Morgan fingerprint density at radius 2 is 2.05 bits per heavy atom. The lowest BCUT2D eigenvalue weighted by Gasteiger charge is -2.30. The summed E-state index contributed by atoms with van der Waals surface area (Å²) in [4.78, 5) is 3.69. The molecule has 2 N–H and O–H groups in total. The summed E-state index contributed by atoms with van der Waals surface area (Å²) in [5, 5.41) is -0.124. The Morgan fingerprint density at radius 1 is 1.35 bits per heavy atom. The molecule has 1 aliphatic carbocycles. The summed E-state index contributed by atoms with van der Waals surface area (Å²) in [5.41, 5.74) is 4.80. The first-order valence-electron chi connectivity index (χ1n) is 6.51. The molecule has 1 saturated carbocycles. The first-order chi connectivity index (χ1) is 9.41. The zero-order valence-corrected chi connectivity index (χ0v) is 11.5. The van der Waals surface area contributed by atoms with E-state index in [4.69, 9.17) is 22.1 Å². The number of ether oxygens (including phenoxy) is 1. The van der Waals surface area contributed by atoms with Gasteiger partial charge in [-0.3, -0.25) is 0 Å². The quantitative estimate of drug-likeness (QED) is 0.927. The van der Waals surface area contributed by atoms with E-state index in [0.29, 0.717) is 6.54 Å². The first-order valence-corrected chi connectivity index (χ1v) is 6.89. The second-order valence-corrected chi connectivity index (χ2v) is 5.35. The monoisotopic (exact) mass is 308 g/mol. The maximum Gasteiger partial charge on any atom is 0.417 e. The van der Waals surface area contributed by atoms with Crippen molar-refractivity contribution in [3.8, 4) is 5.88 Å². The minimum Gasteiger partial charge on any atom is -0.473 e. The third kappa shape index (κ3) is 3.55. The molecule has 112 valence electrons. The lowest BCUT2D eigenvalue weighted by Crippen LogP contribution is -2.35. The SMILES string of the molecule is NCC1CCCCC1Oc1ncc(C(F)(F)F)cc1Cl. The lowest BCUT2D eigenvalue weighted by atomic mass is 9.86. The van der Waals surface area contributed by atoms with Gasteiger partial charge in [0.1, 0.15) is 11.1 Å². The van der Waals surface area contributed by atoms with E-state index in [0.717, 1.165) is 37.9 Å². The molecule has 2 unspecified atom stereocenters. The van der Waals surface area contributed by atoms with Gasteiger partial charge < -0.3 is 10.5 Å². The van der Waals surface area contributed by atoms with Gasteiger partial charge in [0.2, 0.25) is 5.88 Å². The Labute approximate surface area is 120 Å². The van der Waals surface area contributed by atoms with Crippen molar-refractivity contribution in [2.24, 2.45) is 11.7 Å². The summed E-state index contributed by atoms with van der Waals surface area (Å²) in [7, 11) is 0. The zero-order chi connectivity index (χ0) is 14.8.